The minimum atomic E-state index is 0.286. The van der Waals surface area contributed by atoms with Crippen LogP contribution in [0, 0.1) is 5.92 Å². The number of nitrogens with zero attached hydrogens (tertiary/aromatic N) is 2. The zero-order valence-corrected chi connectivity index (χ0v) is 13.4. The first kappa shape index (κ1) is 15.3. The van der Waals surface area contributed by atoms with Gasteiger partial charge in [0.2, 0.25) is 0 Å². The highest BCUT2D eigenvalue weighted by atomic mass is 15.3. The summed E-state index contributed by atoms with van der Waals surface area (Å²) in [4.78, 5) is 5.09. The van der Waals surface area contributed by atoms with Gasteiger partial charge in [0.1, 0.15) is 0 Å². The van der Waals surface area contributed by atoms with Crippen molar-refractivity contribution in [2.24, 2.45) is 5.92 Å². The highest BCUT2D eigenvalue weighted by Gasteiger charge is 2.30. The van der Waals surface area contributed by atoms with E-state index in [0.717, 1.165) is 12.5 Å². The monoisotopic (exact) mass is 267 g/mol. The first-order valence-electron chi connectivity index (χ1n) is 8.16. The Kier molecular flexibility index (Phi) is 5.27. The van der Waals surface area contributed by atoms with Gasteiger partial charge in [-0.05, 0) is 46.6 Å². The lowest BCUT2D eigenvalue weighted by Crippen LogP contribution is -2.58. The van der Waals surface area contributed by atoms with Crippen molar-refractivity contribution in [3.05, 3.63) is 0 Å². The second kappa shape index (κ2) is 6.55. The first-order chi connectivity index (χ1) is 8.99. The lowest BCUT2D eigenvalue weighted by atomic mass is 9.96. The van der Waals surface area contributed by atoms with E-state index < -0.39 is 0 Å². The fourth-order valence-electron chi connectivity index (χ4n) is 3.56. The summed E-state index contributed by atoms with van der Waals surface area (Å²) in [5, 5.41) is 3.82. The molecule has 1 aliphatic carbocycles. The molecular weight excluding hydrogens is 234 g/mol. The normalized spacial score (nSPS) is 25.9. The van der Waals surface area contributed by atoms with E-state index >= 15 is 0 Å². The van der Waals surface area contributed by atoms with Crippen LogP contribution in [0.3, 0.4) is 0 Å². The molecule has 2 fully saturated rings. The number of piperazine rings is 1. The van der Waals surface area contributed by atoms with Crippen LogP contribution in [0.1, 0.15) is 46.5 Å². The summed E-state index contributed by atoms with van der Waals surface area (Å²) in [5.41, 5.74) is 0.286. The quantitative estimate of drug-likeness (QED) is 0.824. The molecule has 0 bridgehead atoms. The molecule has 1 atom stereocenters. The molecule has 1 saturated heterocycles. The largest absolute Gasteiger partial charge is 0.312 e. The molecule has 0 amide bonds. The summed E-state index contributed by atoms with van der Waals surface area (Å²) in [6.45, 7) is 13.1. The van der Waals surface area contributed by atoms with Crippen LogP contribution in [0.5, 0.6) is 0 Å². The SMILES string of the molecule is CC(NCC(C)(C)N1CCN(C)CC1)C1CCCC1. The van der Waals surface area contributed by atoms with Gasteiger partial charge in [0.25, 0.3) is 0 Å². The lowest BCUT2D eigenvalue weighted by Gasteiger charge is -2.44. The van der Waals surface area contributed by atoms with Crippen LogP contribution in [0.15, 0.2) is 0 Å². The zero-order chi connectivity index (χ0) is 13.9. The summed E-state index contributed by atoms with van der Waals surface area (Å²) in [6, 6.07) is 0.689. The van der Waals surface area contributed by atoms with E-state index in [2.05, 4.69) is 42.9 Å². The number of hydrogen-bond acceptors (Lipinski definition) is 3. The van der Waals surface area contributed by atoms with E-state index in [-0.39, 0.29) is 5.54 Å². The molecule has 112 valence electrons. The molecule has 0 aromatic rings. The maximum atomic E-state index is 3.82. The van der Waals surface area contributed by atoms with Crippen molar-refractivity contribution in [1.29, 1.82) is 0 Å². The highest BCUT2D eigenvalue weighted by molar-refractivity contribution is 4.89. The molecule has 2 rings (SSSR count). The van der Waals surface area contributed by atoms with Crippen LogP contribution < -0.4 is 5.32 Å². The van der Waals surface area contributed by atoms with Crippen molar-refractivity contribution >= 4 is 0 Å². The average Bonchev–Trinajstić information content (AvgIpc) is 2.90. The Morgan fingerprint density at radius 1 is 1.11 bits per heavy atom. The van der Waals surface area contributed by atoms with Gasteiger partial charge in [-0.1, -0.05) is 12.8 Å². The summed E-state index contributed by atoms with van der Waals surface area (Å²) in [7, 11) is 2.23. The molecule has 0 aromatic heterocycles. The third-order valence-corrected chi connectivity index (χ3v) is 5.32. The smallest absolute Gasteiger partial charge is 0.0278 e. The Bertz CT molecular complexity index is 263. The molecule has 3 nitrogen and oxygen atoms in total. The third kappa shape index (κ3) is 4.17. The van der Waals surface area contributed by atoms with Crippen LogP contribution in [0.25, 0.3) is 0 Å². The van der Waals surface area contributed by atoms with Gasteiger partial charge in [-0.2, -0.15) is 0 Å². The standard InChI is InChI=1S/C16H33N3/c1-14(15-7-5-6-8-15)17-13-16(2,3)19-11-9-18(4)10-12-19/h14-15,17H,5-13H2,1-4H3. The summed E-state index contributed by atoms with van der Waals surface area (Å²) in [6.07, 6.45) is 5.75. The van der Waals surface area contributed by atoms with Crippen molar-refractivity contribution in [3.63, 3.8) is 0 Å². The van der Waals surface area contributed by atoms with Crippen LogP contribution >= 0.6 is 0 Å². The van der Waals surface area contributed by atoms with E-state index in [1.54, 1.807) is 0 Å². The van der Waals surface area contributed by atoms with Crippen molar-refractivity contribution < 1.29 is 0 Å². The molecule has 1 heterocycles. The predicted molar refractivity (Wildman–Crippen MR) is 82.6 cm³/mol. The second-order valence-electron chi connectivity index (χ2n) is 7.32. The van der Waals surface area contributed by atoms with E-state index in [9.17, 15) is 0 Å². The maximum absolute atomic E-state index is 3.82. The van der Waals surface area contributed by atoms with E-state index in [0.29, 0.717) is 6.04 Å². The Hall–Kier alpha value is -0.120. The van der Waals surface area contributed by atoms with E-state index in [1.807, 2.05) is 0 Å². The summed E-state index contributed by atoms with van der Waals surface area (Å²) < 4.78 is 0. The van der Waals surface area contributed by atoms with Gasteiger partial charge in [0.05, 0.1) is 0 Å². The van der Waals surface area contributed by atoms with Gasteiger partial charge in [0, 0.05) is 44.3 Å². The van der Waals surface area contributed by atoms with Crippen molar-refractivity contribution in [2.45, 2.75) is 58.0 Å². The minimum Gasteiger partial charge on any atom is -0.312 e. The Morgan fingerprint density at radius 3 is 2.26 bits per heavy atom. The molecule has 2 aliphatic rings. The number of hydrogen-bond donors (Lipinski definition) is 1. The molecule has 19 heavy (non-hydrogen) atoms. The lowest BCUT2D eigenvalue weighted by molar-refractivity contribution is 0.0591. The van der Waals surface area contributed by atoms with Crippen LogP contribution in [0.4, 0.5) is 0 Å². The molecule has 0 radical (unpaired) electrons. The summed E-state index contributed by atoms with van der Waals surface area (Å²) in [5.74, 6) is 0.920. The number of nitrogens with one attached hydrogen (secondary N) is 1. The van der Waals surface area contributed by atoms with Gasteiger partial charge in [-0.25, -0.2) is 0 Å². The summed E-state index contributed by atoms with van der Waals surface area (Å²) >= 11 is 0. The third-order valence-electron chi connectivity index (χ3n) is 5.32. The van der Waals surface area contributed by atoms with Crippen molar-refractivity contribution in [1.82, 2.24) is 15.1 Å². The molecule has 3 heteroatoms. The fraction of sp³-hybridized carbons (Fsp3) is 1.00. The molecule has 1 aliphatic heterocycles. The topological polar surface area (TPSA) is 18.5 Å². The zero-order valence-electron chi connectivity index (χ0n) is 13.4. The molecule has 0 aromatic carbocycles. The minimum absolute atomic E-state index is 0.286. The van der Waals surface area contributed by atoms with Gasteiger partial charge in [-0.15, -0.1) is 0 Å². The van der Waals surface area contributed by atoms with Crippen LogP contribution in [0.2, 0.25) is 0 Å². The maximum Gasteiger partial charge on any atom is 0.0278 e. The average molecular weight is 267 g/mol. The van der Waals surface area contributed by atoms with E-state index in [4.69, 9.17) is 0 Å². The number of rotatable bonds is 5. The van der Waals surface area contributed by atoms with Crippen molar-refractivity contribution in [3.8, 4) is 0 Å². The van der Waals surface area contributed by atoms with Crippen LogP contribution in [-0.4, -0.2) is 61.2 Å². The fourth-order valence-corrected chi connectivity index (χ4v) is 3.56. The van der Waals surface area contributed by atoms with E-state index in [1.165, 1.54) is 51.9 Å². The highest BCUT2D eigenvalue weighted by Crippen LogP contribution is 2.28. The van der Waals surface area contributed by atoms with Gasteiger partial charge >= 0.3 is 0 Å². The van der Waals surface area contributed by atoms with Crippen molar-refractivity contribution in [2.75, 3.05) is 39.8 Å². The second-order valence-corrected chi connectivity index (χ2v) is 7.32. The Labute approximate surface area is 119 Å². The number of likely N-dealkylation sites (N-methyl/N-ethyl adjacent to an activating group) is 1. The Balaban J connectivity index is 1.76. The molecular formula is C16H33N3. The van der Waals surface area contributed by atoms with Gasteiger partial charge < -0.3 is 10.2 Å². The predicted octanol–water partition coefficient (Wildman–Crippen LogP) is 2.18. The molecule has 1 N–H and O–H groups in total. The Morgan fingerprint density at radius 2 is 1.68 bits per heavy atom. The first-order valence-corrected chi connectivity index (χ1v) is 8.16. The molecule has 1 unspecified atom stereocenters. The van der Waals surface area contributed by atoms with Gasteiger partial charge in [0.15, 0.2) is 0 Å². The molecule has 0 spiro atoms. The molecule has 1 saturated carbocycles. The van der Waals surface area contributed by atoms with Crippen LogP contribution in [-0.2, 0) is 0 Å². The van der Waals surface area contributed by atoms with Gasteiger partial charge in [-0.3, -0.25) is 4.90 Å².